The molecule has 0 bridgehead atoms. The fraction of sp³-hybridized carbons (Fsp3) is 0.182. The van der Waals surface area contributed by atoms with E-state index in [1.54, 1.807) is 18.3 Å². The van der Waals surface area contributed by atoms with E-state index >= 15 is 0 Å². The summed E-state index contributed by atoms with van der Waals surface area (Å²) in [6.07, 6.45) is 1.68. The summed E-state index contributed by atoms with van der Waals surface area (Å²) in [5.41, 5.74) is 0.743. The number of carbonyl (C=O) groups is 1. The number of methoxy groups -OCH3 is 1. The van der Waals surface area contributed by atoms with Gasteiger partial charge in [-0.1, -0.05) is 30.3 Å². The number of ether oxygens (including phenoxy) is 1. The number of rotatable bonds is 3. The van der Waals surface area contributed by atoms with Gasteiger partial charge in [0, 0.05) is 5.56 Å². The molecule has 0 saturated heterocycles. The Balaban J connectivity index is 2.75. The van der Waals surface area contributed by atoms with Crippen molar-refractivity contribution in [2.24, 2.45) is 4.99 Å². The predicted octanol–water partition coefficient (Wildman–Crippen LogP) is 0.677. The summed E-state index contributed by atoms with van der Waals surface area (Å²) in [6, 6.07) is 9.08. The van der Waals surface area contributed by atoms with Gasteiger partial charge in [-0.25, -0.2) is 0 Å². The molecule has 0 radical (unpaired) electrons. The molecular formula is C11H11N3O2. The standard InChI is InChI=1S/C11H11N3O2/c1-16-10(15)7-13-11(14-8-12)9-5-3-2-4-6-9/h2-6H,7H2,1H3,(H,13,14). The minimum atomic E-state index is -0.415. The Kier molecular flexibility index (Phi) is 4.54. The molecule has 0 aromatic heterocycles. The molecule has 5 nitrogen and oxygen atoms in total. The zero-order chi connectivity index (χ0) is 11.8. The molecule has 0 fully saturated rings. The first kappa shape index (κ1) is 11.7. The topological polar surface area (TPSA) is 74.5 Å². The first-order chi connectivity index (χ1) is 7.77. The number of nitriles is 1. The first-order valence-corrected chi connectivity index (χ1v) is 4.61. The van der Waals surface area contributed by atoms with Crippen LogP contribution in [0.15, 0.2) is 35.3 Å². The highest BCUT2D eigenvalue weighted by molar-refractivity contribution is 6.00. The van der Waals surface area contributed by atoms with E-state index in [0.717, 1.165) is 5.56 Å². The number of carbonyl (C=O) groups excluding carboxylic acids is 1. The predicted molar refractivity (Wildman–Crippen MR) is 58.6 cm³/mol. The van der Waals surface area contributed by atoms with Crippen molar-refractivity contribution < 1.29 is 9.53 Å². The Hall–Kier alpha value is -2.35. The van der Waals surface area contributed by atoms with Crippen LogP contribution in [0.5, 0.6) is 0 Å². The van der Waals surface area contributed by atoms with Crippen molar-refractivity contribution in [2.45, 2.75) is 0 Å². The molecule has 82 valence electrons. The lowest BCUT2D eigenvalue weighted by Crippen LogP contribution is -2.30. The summed E-state index contributed by atoms with van der Waals surface area (Å²) in [5.74, 6) is -0.0601. The van der Waals surface area contributed by atoms with Crippen LogP contribution in [0.25, 0.3) is 0 Å². The van der Waals surface area contributed by atoms with Crippen molar-refractivity contribution >= 4 is 11.8 Å². The maximum Gasteiger partial charge on any atom is 0.325 e. The van der Waals surface area contributed by atoms with Crippen LogP contribution in [-0.4, -0.2) is 25.5 Å². The maximum atomic E-state index is 10.9. The number of esters is 1. The van der Waals surface area contributed by atoms with Crippen molar-refractivity contribution in [3.63, 3.8) is 0 Å². The molecule has 0 aliphatic heterocycles. The summed E-state index contributed by atoms with van der Waals surface area (Å²) >= 11 is 0. The summed E-state index contributed by atoms with van der Waals surface area (Å²) in [4.78, 5) is 14.5. The van der Waals surface area contributed by atoms with E-state index in [4.69, 9.17) is 5.26 Å². The van der Waals surface area contributed by atoms with Crippen LogP contribution in [0.3, 0.4) is 0 Å². The van der Waals surface area contributed by atoms with Gasteiger partial charge in [0.2, 0.25) is 6.19 Å². The Bertz CT molecular complexity index is 421. The molecular weight excluding hydrogens is 206 g/mol. The van der Waals surface area contributed by atoms with Crippen LogP contribution in [-0.2, 0) is 9.53 Å². The minimum Gasteiger partial charge on any atom is -0.468 e. The largest absolute Gasteiger partial charge is 0.468 e. The summed E-state index contributed by atoms with van der Waals surface area (Å²) < 4.78 is 4.48. The van der Waals surface area contributed by atoms with Gasteiger partial charge in [-0.3, -0.25) is 4.79 Å². The normalized spacial score (nSPS) is 10.4. The van der Waals surface area contributed by atoms with Gasteiger partial charge in [0.1, 0.15) is 12.4 Å². The van der Waals surface area contributed by atoms with E-state index in [-0.39, 0.29) is 6.54 Å². The number of hydrogen-bond donors (Lipinski definition) is 1. The molecule has 0 aliphatic carbocycles. The van der Waals surface area contributed by atoms with E-state index < -0.39 is 5.97 Å². The Morgan fingerprint density at radius 3 is 2.75 bits per heavy atom. The fourth-order valence-electron chi connectivity index (χ4n) is 1.08. The van der Waals surface area contributed by atoms with Crippen LogP contribution < -0.4 is 5.32 Å². The number of hydrogen-bond acceptors (Lipinski definition) is 4. The number of nitrogens with one attached hydrogen (secondary N) is 1. The second kappa shape index (κ2) is 6.19. The average molecular weight is 217 g/mol. The van der Waals surface area contributed by atoms with Gasteiger partial charge in [-0.05, 0) is 0 Å². The fourth-order valence-corrected chi connectivity index (χ4v) is 1.08. The Morgan fingerprint density at radius 1 is 1.50 bits per heavy atom. The highest BCUT2D eigenvalue weighted by atomic mass is 16.5. The monoisotopic (exact) mass is 217 g/mol. The van der Waals surface area contributed by atoms with E-state index in [2.05, 4.69) is 15.0 Å². The van der Waals surface area contributed by atoms with Gasteiger partial charge in [0.15, 0.2) is 0 Å². The molecule has 1 aromatic carbocycles. The molecule has 0 unspecified atom stereocenters. The lowest BCUT2D eigenvalue weighted by Gasteiger charge is -2.06. The first-order valence-electron chi connectivity index (χ1n) is 4.61. The average Bonchev–Trinajstić information content (AvgIpc) is 2.35. The molecule has 1 N–H and O–H groups in total. The van der Waals surface area contributed by atoms with Crippen molar-refractivity contribution in [1.82, 2.24) is 5.32 Å². The molecule has 1 rings (SSSR count). The molecule has 1 aromatic rings. The summed E-state index contributed by atoms with van der Waals surface area (Å²) in [5, 5.41) is 11.3. The second-order valence-corrected chi connectivity index (χ2v) is 2.86. The molecule has 0 heterocycles. The van der Waals surface area contributed by atoms with E-state index in [0.29, 0.717) is 5.84 Å². The zero-order valence-electron chi connectivity index (χ0n) is 8.80. The van der Waals surface area contributed by atoms with Gasteiger partial charge in [0.05, 0.1) is 7.11 Å². The van der Waals surface area contributed by atoms with Gasteiger partial charge < -0.3 is 10.1 Å². The molecule has 5 heteroatoms. The smallest absolute Gasteiger partial charge is 0.325 e. The molecule has 0 amide bonds. The van der Waals surface area contributed by atoms with Crippen LogP contribution in [0.1, 0.15) is 5.56 Å². The third kappa shape index (κ3) is 3.42. The Labute approximate surface area is 93.4 Å². The maximum absolute atomic E-state index is 10.9. The summed E-state index contributed by atoms with van der Waals surface area (Å²) in [7, 11) is 1.30. The molecule has 0 atom stereocenters. The molecule has 0 saturated carbocycles. The van der Waals surface area contributed by atoms with Gasteiger partial charge in [0.25, 0.3) is 0 Å². The SMILES string of the molecule is COC(=O)CN/C(=N/C#N)c1ccccc1. The number of amidine groups is 1. The lowest BCUT2D eigenvalue weighted by molar-refractivity contribution is -0.139. The molecule has 0 aliphatic rings. The zero-order valence-corrected chi connectivity index (χ0v) is 8.80. The highest BCUT2D eigenvalue weighted by Crippen LogP contribution is 1.99. The van der Waals surface area contributed by atoms with Gasteiger partial charge >= 0.3 is 5.97 Å². The third-order valence-corrected chi connectivity index (χ3v) is 1.84. The third-order valence-electron chi connectivity index (χ3n) is 1.84. The highest BCUT2D eigenvalue weighted by Gasteiger charge is 2.05. The Morgan fingerprint density at radius 2 is 2.19 bits per heavy atom. The van der Waals surface area contributed by atoms with Gasteiger partial charge in [-0.15, -0.1) is 0 Å². The molecule has 16 heavy (non-hydrogen) atoms. The number of nitrogens with zero attached hydrogens (tertiary/aromatic N) is 2. The van der Waals surface area contributed by atoms with Crippen molar-refractivity contribution in [2.75, 3.05) is 13.7 Å². The van der Waals surface area contributed by atoms with Crippen LogP contribution >= 0.6 is 0 Å². The minimum absolute atomic E-state index is 0.0219. The lowest BCUT2D eigenvalue weighted by atomic mass is 10.2. The molecule has 0 spiro atoms. The second-order valence-electron chi connectivity index (χ2n) is 2.86. The van der Waals surface area contributed by atoms with Crippen molar-refractivity contribution in [3.05, 3.63) is 35.9 Å². The van der Waals surface area contributed by atoms with Crippen molar-refractivity contribution in [1.29, 1.82) is 5.26 Å². The van der Waals surface area contributed by atoms with Crippen LogP contribution in [0, 0.1) is 11.5 Å². The number of aliphatic imine (C=N–C) groups is 1. The number of benzene rings is 1. The van der Waals surface area contributed by atoms with E-state index in [9.17, 15) is 4.79 Å². The van der Waals surface area contributed by atoms with Crippen molar-refractivity contribution in [3.8, 4) is 6.19 Å². The summed E-state index contributed by atoms with van der Waals surface area (Å²) in [6.45, 7) is -0.0219. The van der Waals surface area contributed by atoms with Crippen LogP contribution in [0.4, 0.5) is 0 Å². The van der Waals surface area contributed by atoms with E-state index in [1.807, 2.05) is 18.2 Å². The van der Waals surface area contributed by atoms with E-state index in [1.165, 1.54) is 7.11 Å². The van der Waals surface area contributed by atoms with Crippen LogP contribution in [0.2, 0.25) is 0 Å². The van der Waals surface area contributed by atoms with Gasteiger partial charge in [-0.2, -0.15) is 10.3 Å². The quantitative estimate of drug-likeness (QED) is 0.349.